The van der Waals surface area contributed by atoms with Crippen LogP contribution in [0.15, 0.2) is 34.8 Å². The lowest BCUT2D eigenvalue weighted by Gasteiger charge is -2.36. The molecule has 3 fully saturated rings. The Hall–Kier alpha value is -2.51. The second kappa shape index (κ2) is 6.51. The second-order valence-corrected chi connectivity index (χ2v) is 10.4. The van der Waals surface area contributed by atoms with Crippen molar-refractivity contribution in [3.8, 4) is 0 Å². The van der Waals surface area contributed by atoms with Crippen LogP contribution in [0.2, 0.25) is 0 Å². The van der Waals surface area contributed by atoms with E-state index in [1.807, 2.05) is 51.1 Å². The lowest BCUT2D eigenvalue weighted by molar-refractivity contribution is -0.135. The highest BCUT2D eigenvalue weighted by atomic mass is 79.9. The van der Waals surface area contributed by atoms with E-state index in [9.17, 15) is 14.4 Å². The Bertz CT molecular complexity index is 1240. The summed E-state index contributed by atoms with van der Waals surface area (Å²) >= 11 is 3.54. The van der Waals surface area contributed by atoms with E-state index in [4.69, 9.17) is 0 Å². The fourth-order valence-electron chi connectivity index (χ4n) is 6.55. The maximum Gasteiger partial charge on any atom is 0.250 e. The Kier molecular flexibility index (Phi) is 4.10. The van der Waals surface area contributed by atoms with Crippen LogP contribution in [0.1, 0.15) is 35.1 Å². The molecule has 32 heavy (non-hydrogen) atoms. The van der Waals surface area contributed by atoms with Crippen LogP contribution in [-0.2, 0) is 19.9 Å². The van der Waals surface area contributed by atoms with E-state index < -0.39 is 17.4 Å². The highest BCUT2D eigenvalue weighted by Crippen LogP contribution is 2.61. The van der Waals surface area contributed by atoms with Crippen molar-refractivity contribution in [2.24, 2.45) is 11.8 Å². The van der Waals surface area contributed by atoms with Gasteiger partial charge in [0.15, 0.2) is 0 Å². The molecule has 0 bridgehead atoms. The summed E-state index contributed by atoms with van der Waals surface area (Å²) in [6, 6.07) is 9.51. The van der Waals surface area contributed by atoms with Crippen LogP contribution in [0.3, 0.4) is 0 Å². The third kappa shape index (κ3) is 2.21. The molecule has 0 aliphatic carbocycles. The van der Waals surface area contributed by atoms with Crippen molar-refractivity contribution in [1.82, 2.24) is 4.90 Å². The van der Waals surface area contributed by atoms with Gasteiger partial charge in [0.25, 0.3) is 0 Å². The molecule has 3 amide bonds. The lowest BCUT2D eigenvalue weighted by Crippen LogP contribution is -2.54. The SMILES string of the molecule is Cc1ccc(N2C(=O)[C@@H]3[C@@H]4CCCN4[C@@]4(C(=O)Nc5c4ccc(C)c5C)[C@H]3C2=O)c(Br)c1. The highest BCUT2D eigenvalue weighted by molar-refractivity contribution is 9.10. The first-order valence-electron chi connectivity index (χ1n) is 11.1. The van der Waals surface area contributed by atoms with E-state index in [0.29, 0.717) is 16.7 Å². The summed E-state index contributed by atoms with van der Waals surface area (Å²) in [6.07, 6.45) is 1.73. The van der Waals surface area contributed by atoms with Crippen LogP contribution >= 0.6 is 15.9 Å². The number of halogens is 1. The number of carbonyl (C=O) groups excluding carboxylic acids is 3. The molecule has 6 rings (SSSR count). The van der Waals surface area contributed by atoms with Gasteiger partial charge in [-0.25, -0.2) is 4.90 Å². The van der Waals surface area contributed by atoms with Crippen molar-refractivity contribution >= 4 is 45.0 Å². The van der Waals surface area contributed by atoms with Gasteiger partial charge in [0.2, 0.25) is 17.7 Å². The number of rotatable bonds is 1. The predicted octanol–water partition coefficient (Wildman–Crippen LogP) is 3.81. The third-order valence-corrected chi connectivity index (χ3v) is 8.68. The molecule has 0 saturated carbocycles. The average Bonchev–Trinajstić information content (AvgIpc) is 3.45. The zero-order chi connectivity index (χ0) is 22.5. The number of nitrogens with one attached hydrogen (secondary N) is 1. The maximum absolute atomic E-state index is 14.0. The number of hydrogen-bond donors (Lipinski definition) is 1. The van der Waals surface area contributed by atoms with Gasteiger partial charge in [-0.3, -0.25) is 19.3 Å². The first-order valence-corrected chi connectivity index (χ1v) is 11.9. The maximum atomic E-state index is 14.0. The van der Waals surface area contributed by atoms with Crippen LogP contribution in [0, 0.1) is 32.6 Å². The first kappa shape index (κ1) is 20.1. The molecule has 4 heterocycles. The summed E-state index contributed by atoms with van der Waals surface area (Å²) in [4.78, 5) is 45.0. The molecule has 7 heteroatoms. The van der Waals surface area contributed by atoms with Crippen molar-refractivity contribution in [1.29, 1.82) is 0 Å². The second-order valence-electron chi connectivity index (χ2n) is 9.52. The molecule has 3 saturated heterocycles. The van der Waals surface area contributed by atoms with Gasteiger partial charge >= 0.3 is 0 Å². The normalized spacial score (nSPS) is 30.8. The van der Waals surface area contributed by atoms with Gasteiger partial charge in [-0.15, -0.1) is 0 Å². The minimum absolute atomic E-state index is 0.107. The minimum atomic E-state index is -1.13. The summed E-state index contributed by atoms with van der Waals surface area (Å²) in [5, 5.41) is 3.10. The van der Waals surface area contributed by atoms with E-state index in [2.05, 4.69) is 26.1 Å². The molecule has 4 aliphatic heterocycles. The van der Waals surface area contributed by atoms with Crippen molar-refractivity contribution in [3.63, 3.8) is 0 Å². The van der Waals surface area contributed by atoms with Crippen LogP contribution in [0.25, 0.3) is 0 Å². The quantitative estimate of drug-likeness (QED) is 0.613. The van der Waals surface area contributed by atoms with Gasteiger partial charge in [-0.1, -0.05) is 18.2 Å². The standard InChI is InChI=1S/C25H24BrN3O3/c1-12-6-9-17(16(26)11-12)29-22(30)19-18-5-4-10-28(18)25(20(19)23(29)31)15-8-7-13(2)14(3)21(15)27-24(25)32/h6-9,11,18-20H,4-5,10H2,1-3H3,(H,27,32)/t18-,19+,20+,25+/m0/s1. The topological polar surface area (TPSA) is 69.7 Å². The van der Waals surface area contributed by atoms with Gasteiger partial charge in [0.1, 0.15) is 5.54 Å². The van der Waals surface area contributed by atoms with Crippen molar-refractivity contribution in [3.05, 3.63) is 57.1 Å². The van der Waals surface area contributed by atoms with E-state index in [1.54, 1.807) is 0 Å². The molecular weight excluding hydrogens is 470 g/mol. The van der Waals surface area contributed by atoms with Gasteiger partial charge in [0, 0.05) is 21.8 Å². The summed E-state index contributed by atoms with van der Waals surface area (Å²) in [5.41, 5.74) is 4.21. The Labute approximate surface area is 195 Å². The molecule has 0 aromatic heterocycles. The van der Waals surface area contributed by atoms with Crippen LogP contribution < -0.4 is 10.2 Å². The highest BCUT2D eigenvalue weighted by Gasteiger charge is 2.74. The number of amides is 3. The molecule has 164 valence electrons. The molecule has 2 aromatic rings. The summed E-state index contributed by atoms with van der Waals surface area (Å²) < 4.78 is 0.708. The monoisotopic (exact) mass is 493 g/mol. The molecular formula is C25H24BrN3O3. The lowest BCUT2D eigenvalue weighted by atomic mass is 9.75. The fraction of sp³-hybridized carbons (Fsp3) is 0.400. The van der Waals surface area contributed by atoms with E-state index >= 15 is 0 Å². The molecule has 0 radical (unpaired) electrons. The molecule has 0 unspecified atom stereocenters. The average molecular weight is 494 g/mol. The van der Waals surface area contributed by atoms with E-state index in [1.165, 1.54) is 4.90 Å². The number of carbonyl (C=O) groups is 3. The minimum Gasteiger partial charge on any atom is -0.324 e. The number of hydrogen-bond acceptors (Lipinski definition) is 4. The molecule has 4 atom stereocenters. The van der Waals surface area contributed by atoms with Gasteiger partial charge in [-0.2, -0.15) is 0 Å². The largest absolute Gasteiger partial charge is 0.324 e. The van der Waals surface area contributed by atoms with E-state index in [-0.39, 0.29) is 23.8 Å². The molecule has 4 aliphatic rings. The number of nitrogens with zero attached hydrogens (tertiary/aromatic N) is 2. The third-order valence-electron chi connectivity index (χ3n) is 8.04. The Morgan fingerprint density at radius 3 is 2.59 bits per heavy atom. The zero-order valence-electron chi connectivity index (χ0n) is 18.2. The molecule has 1 spiro atoms. The number of aryl methyl sites for hydroxylation is 2. The number of fused-ring (bicyclic) bond motifs is 7. The van der Waals surface area contributed by atoms with Gasteiger partial charge in [-0.05, 0) is 84.9 Å². The summed E-state index contributed by atoms with van der Waals surface area (Å²) in [5.74, 6) is -1.89. The number of benzene rings is 2. The molecule has 2 aromatic carbocycles. The number of anilines is 2. The van der Waals surface area contributed by atoms with Gasteiger partial charge in [0.05, 0.1) is 17.5 Å². The molecule has 1 N–H and O–H groups in total. The molecule has 6 nitrogen and oxygen atoms in total. The Morgan fingerprint density at radius 1 is 1.06 bits per heavy atom. The predicted molar refractivity (Wildman–Crippen MR) is 124 cm³/mol. The van der Waals surface area contributed by atoms with Crippen molar-refractivity contribution < 1.29 is 14.4 Å². The van der Waals surface area contributed by atoms with Crippen LogP contribution in [-0.4, -0.2) is 35.2 Å². The Balaban J connectivity index is 1.57. The van der Waals surface area contributed by atoms with E-state index in [0.717, 1.165) is 40.8 Å². The smallest absolute Gasteiger partial charge is 0.250 e. The van der Waals surface area contributed by atoms with Crippen LogP contribution in [0.4, 0.5) is 11.4 Å². The van der Waals surface area contributed by atoms with Crippen LogP contribution in [0.5, 0.6) is 0 Å². The fourth-order valence-corrected chi connectivity index (χ4v) is 7.22. The first-order chi connectivity index (χ1) is 15.3. The van der Waals surface area contributed by atoms with Crippen molar-refractivity contribution in [2.45, 2.75) is 45.2 Å². The summed E-state index contributed by atoms with van der Waals surface area (Å²) in [7, 11) is 0. The van der Waals surface area contributed by atoms with Crippen molar-refractivity contribution in [2.75, 3.05) is 16.8 Å². The zero-order valence-corrected chi connectivity index (χ0v) is 19.8. The summed E-state index contributed by atoms with van der Waals surface area (Å²) in [6.45, 7) is 6.70. The number of imide groups is 1. The Morgan fingerprint density at radius 2 is 1.84 bits per heavy atom. The van der Waals surface area contributed by atoms with Gasteiger partial charge < -0.3 is 5.32 Å².